The zero-order chi connectivity index (χ0) is 10.0. The number of rotatable bonds is 2. The third-order valence-electron chi connectivity index (χ3n) is 2.15. The summed E-state index contributed by atoms with van der Waals surface area (Å²) in [5.41, 5.74) is 7.38. The molecule has 0 amide bonds. The molecule has 1 aromatic rings. The summed E-state index contributed by atoms with van der Waals surface area (Å²) in [5, 5.41) is 10.2. The smallest absolute Gasteiger partial charge is 0.120 e. The SMILES string of the molecule is CC[C@@H](N)c1cc(Cl)c(C)cc1O. The fourth-order valence-electron chi connectivity index (χ4n) is 1.20. The van der Waals surface area contributed by atoms with E-state index in [9.17, 15) is 5.11 Å². The number of hydrogen-bond donors (Lipinski definition) is 2. The van der Waals surface area contributed by atoms with Crippen molar-refractivity contribution in [3.63, 3.8) is 0 Å². The Morgan fingerprint density at radius 1 is 1.54 bits per heavy atom. The second-order valence-electron chi connectivity index (χ2n) is 3.17. The molecule has 0 aliphatic carbocycles. The van der Waals surface area contributed by atoms with Gasteiger partial charge in [0, 0.05) is 16.6 Å². The Hall–Kier alpha value is -0.730. The van der Waals surface area contributed by atoms with Crippen LogP contribution in [0.3, 0.4) is 0 Å². The average Bonchev–Trinajstić information content (AvgIpc) is 2.10. The minimum absolute atomic E-state index is 0.141. The highest BCUT2D eigenvalue weighted by Gasteiger charge is 2.10. The van der Waals surface area contributed by atoms with Crippen molar-refractivity contribution < 1.29 is 5.11 Å². The summed E-state index contributed by atoms with van der Waals surface area (Å²) < 4.78 is 0. The first-order chi connectivity index (χ1) is 6.06. The second-order valence-corrected chi connectivity index (χ2v) is 3.58. The summed E-state index contributed by atoms with van der Waals surface area (Å²) >= 11 is 5.92. The molecule has 0 aliphatic rings. The molecule has 2 nitrogen and oxygen atoms in total. The summed E-state index contributed by atoms with van der Waals surface area (Å²) in [6, 6.07) is 3.24. The number of aromatic hydroxyl groups is 1. The average molecular weight is 200 g/mol. The van der Waals surface area contributed by atoms with Gasteiger partial charge in [-0.2, -0.15) is 0 Å². The fourth-order valence-corrected chi connectivity index (χ4v) is 1.37. The van der Waals surface area contributed by atoms with Gasteiger partial charge in [0.25, 0.3) is 0 Å². The van der Waals surface area contributed by atoms with Crippen molar-refractivity contribution >= 4 is 11.6 Å². The Morgan fingerprint density at radius 2 is 2.15 bits per heavy atom. The molecule has 0 unspecified atom stereocenters. The fraction of sp³-hybridized carbons (Fsp3) is 0.400. The van der Waals surface area contributed by atoms with Gasteiger partial charge in [-0.25, -0.2) is 0 Å². The number of nitrogens with two attached hydrogens (primary N) is 1. The van der Waals surface area contributed by atoms with E-state index in [1.807, 2.05) is 13.8 Å². The molecule has 0 spiro atoms. The van der Waals surface area contributed by atoms with Gasteiger partial charge in [0.05, 0.1) is 0 Å². The van der Waals surface area contributed by atoms with Gasteiger partial charge in [-0.3, -0.25) is 0 Å². The molecule has 13 heavy (non-hydrogen) atoms. The van der Waals surface area contributed by atoms with Crippen LogP contribution in [0.25, 0.3) is 0 Å². The van der Waals surface area contributed by atoms with Crippen molar-refractivity contribution in [2.45, 2.75) is 26.3 Å². The molecule has 1 rings (SSSR count). The van der Waals surface area contributed by atoms with Crippen LogP contribution < -0.4 is 5.73 Å². The van der Waals surface area contributed by atoms with Crippen LogP contribution in [0.2, 0.25) is 5.02 Å². The maximum absolute atomic E-state index is 9.58. The molecular formula is C10H14ClNO. The van der Waals surface area contributed by atoms with E-state index in [4.69, 9.17) is 17.3 Å². The maximum atomic E-state index is 9.58. The Kier molecular flexibility index (Phi) is 3.17. The van der Waals surface area contributed by atoms with Crippen LogP contribution in [0.15, 0.2) is 12.1 Å². The Balaban J connectivity index is 3.15. The van der Waals surface area contributed by atoms with E-state index >= 15 is 0 Å². The summed E-state index contributed by atoms with van der Waals surface area (Å²) in [7, 11) is 0. The molecule has 3 heteroatoms. The van der Waals surface area contributed by atoms with E-state index in [0.717, 1.165) is 17.5 Å². The highest BCUT2D eigenvalue weighted by Crippen LogP contribution is 2.30. The molecule has 1 aromatic carbocycles. The molecule has 0 fully saturated rings. The van der Waals surface area contributed by atoms with Gasteiger partial charge in [0.2, 0.25) is 0 Å². The molecule has 0 aliphatic heterocycles. The van der Waals surface area contributed by atoms with Gasteiger partial charge in [-0.15, -0.1) is 0 Å². The van der Waals surface area contributed by atoms with Crippen molar-refractivity contribution in [3.8, 4) is 5.75 Å². The largest absolute Gasteiger partial charge is 0.508 e. The minimum atomic E-state index is -0.141. The van der Waals surface area contributed by atoms with Gasteiger partial charge < -0.3 is 10.8 Å². The summed E-state index contributed by atoms with van der Waals surface area (Å²) in [6.07, 6.45) is 0.785. The number of aryl methyl sites for hydroxylation is 1. The Bertz CT molecular complexity index is 312. The molecule has 0 saturated carbocycles. The second kappa shape index (κ2) is 3.99. The van der Waals surface area contributed by atoms with Gasteiger partial charge >= 0.3 is 0 Å². The van der Waals surface area contributed by atoms with Gasteiger partial charge in [0.15, 0.2) is 0 Å². The van der Waals surface area contributed by atoms with Crippen LogP contribution in [-0.4, -0.2) is 5.11 Å². The van der Waals surface area contributed by atoms with Crippen LogP contribution in [0.1, 0.15) is 30.5 Å². The van der Waals surface area contributed by atoms with E-state index in [0.29, 0.717) is 5.02 Å². The van der Waals surface area contributed by atoms with Crippen LogP contribution in [0.5, 0.6) is 5.75 Å². The first kappa shape index (κ1) is 10.4. The standard InChI is InChI=1S/C10H14ClNO/c1-3-9(12)7-5-8(11)6(2)4-10(7)13/h4-5,9,13H,3,12H2,1-2H3/t9-/m1/s1. The van der Waals surface area contributed by atoms with Gasteiger partial charge in [-0.05, 0) is 31.0 Å². The topological polar surface area (TPSA) is 46.2 Å². The summed E-state index contributed by atoms with van der Waals surface area (Å²) in [4.78, 5) is 0. The van der Waals surface area contributed by atoms with Crippen molar-refractivity contribution in [3.05, 3.63) is 28.3 Å². The van der Waals surface area contributed by atoms with Crippen molar-refractivity contribution in [1.29, 1.82) is 0 Å². The third kappa shape index (κ3) is 2.14. The van der Waals surface area contributed by atoms with Crippen LogP contribution >= 0.6 is 11.6 Å². The van der Waals surface area contributed by atoms with Gasteiger partial charge in [0.1, 0.15) is 5.75 Å². The summed E-state index contributed by atoms with van der Waals surface area (Å²) in [6.45, 7) is 3.82. The van der Waals surface area contributed by atoms with E-state index in [-0.39, 0.29) is 11.8 Å². The maximum Gasteiger partial charge on any atom is 0.120 e. The van der Waals surface area contributed by atoms with Crippen molar-refractivity contribution in [2.75, 3.05) is 0 Å². The Morgan fingerprint density at radius 3 is 2.69 bits per heavy atom. The molecule has 1 atom stereocenters. The number of halogens is 1. The van der Waals surface area contributed by atoms with E-state index < -0.39 is 0 Å². The Labute approximate surface area is 83.3 Å². The van der Waals surface area contributed by atoms with E-state index in [1.165, 1.54) is 0 Å². The predicted molar refractivity (Wildman–Crippen MR) is 55.1 cm³/mol. The molecule has 0 bridgehead atoms. The molecular weight excluding hydrogens is 186 g/mol. The van der Waals surface area contributed by atoms with Crippen molar-refractivity contribution in [2.24, 2.45) is 5.73 Å². The molecule has 72 valence electrons. The lowest BCUT2D eigenvalue weighted by Gasteiger charge is -2.12. The molecule has 0 saturated heterocycles. The highest BCUT2D eigenvalue weighted by molar-refractivity contribution is 6.31. The third-order valence-corrected chi connectivity index (χ3v) is 2.55. The first-order valence-corrected chi connectivity index (χ1v) is 4.68. The number of phenols is 1. The lowest BCUT2D eigenvalue weighted by Crippen LogP contribution is -2.08. The number of phenolic OH excluding ortho intramolecular Hbond substituents is 1. The summed E-state index contributed by atoms with van der Waals surface area (Å²) in [5.74, 6) is 0.233. The lowest BCUT2D eigenvalue weighted by atomic mass is 10.0. The van der Waals surface area contributed by atoms with Gasteiger partial charge in [-0.1, -0.05) is 18.5 Å². The minimum Gasteiger partial charge on any atom is -0.508 e. The van der Waals surface area contributed by atoms with Crippen LogP contribution in [-0.2, 0) is 0 Å². The predicted octanol–water partition coefficient (Wildman–Crippen LogP) is 2.76. The first-order valence-electron chi connectivity index (χ1n) is 4.30. The van der Waals surface area contributed by atoms with E-state index in [2.05, 4.69) is 0 Å². The quantitative estimate of drug-likeness (QED) is 0.770. The van der Waals surface area contributed by atoms with Crippen LogP contribution in [0.4, 0.5) is 0 Å². The normalized spacial score (nSPS) is 12.9. The van der Waals surface area contributed by atoms with Crippen molar-refractivity contribution in [1.82, 2.24) is 0 Å². The molecule has 0 heterocycles. The highest BCUT2D eigenvalue weighted by atomic mass is 35.5. The number of benzene rings is 1. The molecule has 0 aromatic heterocycles. The molecule has 3 N–H and O–H groups in total. The zero-order valence-corrected chi connectivity index (χ0v) is 8.60. The monoisotopic (exact) mass is 199 g/mol. The van der Waals surface area contributed by atoms with E-state index in [1.54, 1.807) is 12.1 Å². The van der Waals surface area contributed by atoms with Crippen LogP contribution in [0, 0.1) is 6.92 Å². The molecule has 0 radical (unpaired) electrons. The number of hydrogen-bond acceptors (Lipinski definition) is 2. The zero-order valence-electron chi connectivity index (χ0n) is 7.84. The lowest BCUT2D eigenvalue weighted by molar-refractivity contribution is 0.460.